The van der Waals surface area contributed by atoms with Crippen molar-refractivity contribution in [3.8, 4) is 11.3 Å². The molecular weight excluding hydrogens is 636 g/mol. The van der Waals surface area contributed by atoms with Gasteiger partial charge in [0.15, 0.2) is 0 Å². The van der Waals surface area contributed by atoms with Crippen molar-refractivity contribution in [3.05, 3.63) is 87.4 Å². The molecule has 12 heteroatoms. The first-order valence-electron chi connectivity index (χ1n) is 15.8. The van der Waals surface area contributed by atoms with Gasteiger partial charge in [-0.15, -0.1) is 0 Å². The van der Waals surface area contributed by atoms with Gasteiger partial charge in [0.2, 0.25) is 0 Å². The zero-order valence-corrected chi connectivity index (χ0v) is 27.3. The highest BCUT2D eigenvalue weighted by molar-refractivity contribution is 6.33. The zero-order chi connectivity index (χ0) is 33.7. The Balaban J connectivity index is 1.18. The van der Waals surface area contributed by atoms with Crippen LogP contribution in [0.4, 0.5) is 17.6 Å². The maximum atomic E-state index is 15.0. The van der Waals surface area contributed by atoms with Crippen LogP contribution in [0.25, 0.3) is 11.3 Å². The second-order valence-corrected chi connectivity index (χ2v) is 13.7. The van der Waals surface area contributed by atoms with Gasteiger partial charge >= 0.3 is 6.18 Å². The van der Waals surface area contributed by atoms with Crippen LogP contribution in [0.2, 0.25) is 5.02 Å². The standard InChI is InChI=1S/C35H37ClF4N4O3/c1-21-29(31(41-47-21)30-27(36)8-5-9-28(30)37)33(46)44(20-23-10-11-24-19-26(23)34(24,2)3)17-14-42-12-15-43(16-13-42)32(45)22-6-4-7-25(18-22)35(38,39)40/h4-10,18,24,26H,11-17,19-20H2,1-3H3. The van der Waals surface area contributed by atoms with E-state index >= 15 is 0 Å². The molecule has 2 heterocycles. The summed E-state index contributed by atoms with van der Waals surface area (Å²) in [5.74, 6) is -0.132. The van der Waals surface area contributed by atoms with Crippen molar-refractivity contribution in [1.82, 2.24) is 19.9 Å². The molecule has 1 aromatic heterocycles. The normalized spacial score (nSPS) is 20.9. The van der Waals surface area contributed by atoms with E-state index in [1.54, 1.807) is 16.7 Å². The molecule has 2 bridgehead atoms. The summed E-state index contributed by atoms with van der Waals surface area (Å²) >= 11 is 6.36. The average molecular weight is 673 g/mol. The molecular formula is C35H37ClF4N4O3. The van der Waals surface area contributed by atoms with Crippen LogP contribution in [-0.4, -0.2) is 77.5 Å². The first kappa shape index (κ1) is 33.2. The maximum Gasteiger partial charge on any atom is 0.416 e. The van der Waals surface area contributed by atoms with E-state index in [1.807, 2.05) is 0 Å². The van der Waals surface area contributed by atoms with E-state index in [0.29, 0.717) is 57.6 Å². The molecule has 2 fully saturated rings. The number of aryl methyl sites for hydroxylation is 1. The fourth-order valence-corrected chi connectivity index (χ4v) is 7.51. The molecule has 2 atom stereocenters. The summed E-state index contributed by atoms with van der Waals surface area (Å²) < 4.78 is 60.0. The Kier molecular flexibility index (Phi) is 8.99. The largest absolute Gasteiger partial charge is 0.416 e. The minimum absolute atomic E-state index is 0.00168. The SMILES string of the molecule is Cc1onc(-c2c(F)cccc2Cl)c1C(=O)N(CCN1CCN(C(=O)c2cccc(C(F)(F)F)c2)CC1)CC1=CCC2CC1C2(C)C. The smallest absolute Gasteiger partial charge is 0.360 e. The van der Waals surface area contributed by atoms with Gasteiger partial charge in [-0.25, -0.2) is 4.39 Å². The van der Waals surface area contributed by atoms with Crippen LogP contribution in [-0.2, 0) is 6.18 Å². The number of hydrogen-bond acceptors (Lipinski definition) is 5. The quantitative estimate of drug-likeness (QED) is 0.185. The van der Waals surface area contributed by atoms with Crippen molar-refractivity contribution in [2.45, 2.75) is 39.8 Å². The van der Waals surface area contributed by atoms with Gasteiger partial charge in [0, 0.05) is 51.4 Å². The van der Waals surface area contributed by atoms with Crippen molar-refractivity contribution in [2.24, 2.45) is 17.3 Å². The number of piperazine rings is 1. The van der Waals surface area contributed by atoms with E-state index in [4.69, 9.17) is 16.1 Å². The molecule has 1 aliphatic heterocycles. The molecule has 0 N–H and O–H groups in total. The van der Waals surface area contributed by atoms with E-state index in [0.717, 1.165) is 25.0 Å². The third kappa shape index (κ3) is 6.44. The van der Waals surface area contributed by atoms with E-state index in [1.165, 1.54) is 35.9 Å². The molecule has 3 aromatic rings. The Labute approximate surface area is 276 Å². The Morgan fingerprint density at radius 3 is 2.49 bits per heavy atom. The monoisotopic (exact) mass is 672 g/mol. The molecule has 0 radical (unpaired) electrons. The molecule has 2 unspecified atom stereocenters. The number of carbonyl (C=O) groups is 2. The minimum Gasteiger partial charge on any atom is -0.360 e. The van der Waals surface area contributed by atoms with E-state index in [2.05, 4.69) is 30.0 Å². The molecule has 250 valence electrons. The maximum absolute atomic E-state index is 15.0. The number of rotatable bonds is 8. The number of carbonyl (C=O) groups excluding carboxylic acids is 2. The predicted octanol–water partition coefficient (Wildman–Crippen LogP) is 7.35. The second-order valence-electron chi connectivity index (χ2n) is 13.3. The van der Waals surface area contributed by atoms with Crippen LogP contribution in [0.15, 0.2) is 58.6 Å². The Morgan fingerprint density at radius 2 is 1.83 bits per heavy atom. The molecule has 2 amide bonds. The third-order valence-electron chi connectivity index (χ3n) is 10.3. The number of benzene rings is 2. The highest BCUT2D eigenvalue weighted by Gasteiger charge is 2.51. The predicted molar refractivity (Wildman–Crippen MR) is 169 cm³/mol. The van der Waals surface area contributed by atoms with Crippen LogP contribution >= 0.6 is 11.6 Å². The summed E-state index contributed by atoms with van der Waals surface area (Å²) in [6, 6.07) is 8.76. The van der Waals surface area contributed by atoms with Gasteiger partial charge < -0.3 is 14.3 Å². The lowest BCUT2D eigenvalue weighted by atomic mass is 9.49. The van der Waals surface area contributed by atoms with Crippen molar-refractivity contribution < 1.29 is 31.7 Å². The molecule has 47 heavy (non-hydrogen) atoms. The van der Waals surface area contributed by atoms with Gasteiger partial charge in [0.05, 0.1) is 16.1 Å². The summed E-state index contributed by atoms with van der Waals surface area (Å²) in [5, 5.41) is 4.17. The Bertz CT molecular complexity index is 1690. The number of aromatic nitrogens is 1. The summed E-state index contributed by atoms with van der Waals surface area (Å²) in [7, 11) is 0. The molecule has 3 aliphatic carbocycles. The van der Waals surface area contributed by atoms with Crippen molar-refractivity contribution in [3.63, 3.8) is 0 Å². The molecule has 1 saturated carbocycles. The van der Waals surface area contributed by atoms with Gasteiger partial charge in [-0.3, -0.25) is 14.5 Å². The molecule has 4 aliphatic rings. The Hall–Kier alpha value is -3.70. The first-order valence-corrected chi connectivity index (χ1v) is 16.2. The summed E-state index contributed by atoms with van der Waals surface area (Å²) in [6.45, 7) is 9.09. The lowest BCUT2D eigenvalue weighted by molar-refractivity contribution is -0.137. The molecule has 1 saturated heterocycles. The van der Waals surface area contributed by atoms with E-state index < -0.39 is 23.5 Å². The van der Waals surface area contributed by atoms with Gasteiger partial charge in [-0.1, -0.05) is 54.4 Å². The number of halogens is 5. The molecule has 2 aromatic carbocycles. The van der Waals surface area contributed by atoms with Crippen LogP contribution in [0.5, 0.6) is 0 Å². The van der Waals surface area contributed by atoms with Crippen molar-refractivity contribution in [1.29, 1.82) is 0 Å². The molecule has 7 rings (SSSR count). The average Bonchev–Trinajstić information content (AvgIpc) is 3.42. The van der Waals surface area contributed by atoms with Crippen molar-refractivity contribution in [2.75, 3.05) is 45.8 Å². The number of fused-ring (bicyclic) bond motifs is 1. The van der Waals surface area contributed by atoms with Crippen LogP contribution in [0.1, 0.15) is 58.7 Å². The van der Waals surface area contributed by atoms with Crippen molar-refractivity contribution >= 4 is 23.4 Å². The van der Waals surface area contributed by atoms with Crippen LogP contribution in [0, 0.1) is 30.0 Å². The van der Waals surface area contributed by atoms with E-state index in [-0.39, 0.29) is 44.5 Å². The van der Waals surface area contributed by atoms with Crippen LogP contribution < -0.4 is 0 Å². The van der Waals surface area contributed by atoms with Crippen LogP contribution in [0.3, 0.4) is 0 Å². The minimum atomic E-state index is -4.53. The highest BCUT2D eigenvalue weighted by Crippen LogP contribution is 2.59. The second kappa shape index (κ2) is 12.7. The summed E-state index contributed by atoms with van der Waals surface area (Å²) in [4.78, 5) is 32.8. The first-order chi connectivity index (χ1) is 22.3. The zero-order valence-electron chi connectivity index (χ0n) is 26.5. The highest BCUT2D eigenvalue weighted by atomic mass is 35.5. The van der Waals surface area contributed by atoms with E-state index in [9.17, 15) is 27.2 Å². The lowest BCUT2D eigenvalue weighted by Crippen LogP contribution is -2.52. The van der Waals surface area contributed by atoms with Gasteiger partial charge in [-0.2, -0.15) is 13.2 Å². The number of hydrogen-bond donors (Lipinski definition) is 0. The fourth-order valence-electron chi connectivity index (χ4n) is 7.25. The number of nitrogens with zero attached hydrogens (tertiary/aromatic N) is 4. The lowest BCUT2D eigenvalue weighted by Gasteiger charge is -2.57. The number of amides is 2. The van der Waals surface area contributed by atoms with Gasteiger partial charge in [0.1, 0.15) is 22.8 Å². The van der Waals surface area contributed by atoms with Gasteiger partial charge in [-0.05, 0) is 67.3 Å². The van der Waals surface area contributed by atoms with Gasteiger partial charge in [0.25, 0.3) is 11.8 Å². The summed E-state index contributed by atoms with van der Waals surface area (Å²) in [5.41, 5.74) is 0.739. The third-order valence-corrected chi connectivity index (χ3v) is 10.6. The number of allylic oxidation sites excluding steroid dienone is 1. The fraction of sp³-hybridized carbons (Fsp3) is 0.457. The number of alkyl halides is 3. The topological polar surface area (TPSA) is 69.9 Å². The summed E-state index contributed by atoms with van der Waals surface area (Å²) in [6.07, 6.45) is -0.233. The Morgan fingerprint density at radius 1 is 1.11 bits per heavy atom. The molecule has 7 nitrogen and oxygen atoms in total. The molecule has 0 spiro atoms.